The van der Waals surface area contributed by atoms with Crippen LogP contribution >= 0.6 is 0 Å². The van der Waals surface area contributed by atoms with Crippen molar-refractivity contribution in [2.24, 2.45) is 0 Å². The van der Waals surface area contributed by atoms with Gasteiger partial charge in [0.1, 0.15) is 0 Å². The molecule has 100 valence electrons. The number of aliphatic hydroxyl groups excluding tert-OH is 1. The van der Waals surface area contributed by atoms with Gasteiger partial charge in [-0.15, -0.1) is 0 Å². The number of halogens is 3. The Bertz CT molecular complexity index is 418. The molecule has 1 aromatic rings. The lowest BCUT2D eigenvalue weighted by Crippen LogP contribution is -2.34. The summed E-state index contributed by atoms with van der Waals surface area (Å²) in [5.74, 6) is -0.723. The average Bonchev–Trinajstić information content (AvgIpc) is 2.34. The van der Waals surface area contributed by atoms with Crippen molar-refractivity contribution in [3.05, 3.63) is 35.4 Å². The van der Waals surface area contributed by atoms with E-state index < -0.39 is 17.6 Å². The van der Waals surface area contributed by atoms with E-state index in [1.165, 1.54) is 17.0 Å². The lowest BCUT2D eigenvalue weighted by Gasteiger charge is -2.21. The average molecular weight is 261 g/mol. The lowest BCUT2D eigenvalue weighted by molar-refractivity contribution is -0.138. The fraction of sp³-hybridized carbons (Fsp3) is 0.417. The van der Waals surface area contributed by atoms with E-state index in [0.29, 0.717) is 0 Å². The maximum absolute atomic E-state index is 12.7. The van der Waals surface area contributed by atoms with E-state index in [-0.39, 0.29) is 25.3 Å². The number of hydrogen-bond donors (Lipinski definition) is 1. The van der Waals surface area contributed by atoms with Crippen LogP contribution in [0.1, 0.15) is 22.8 Å². The molecule has 6 heteroatoms. The second-order valence-corrected chi connectivity index (χ2v) is 3.65. The number of hydrogen-bond acceptors (Lipinski definition) is 2. The van der Waals surface area contributed by atoms with Crippen molar-refractivity contribution in [2.75, 3.05) is 19.7 Å². The number of benzene rings is 1. The van der Waals surface area contributed by atoms with Gasteiger partial charge in [0.05, 0.1) is 17.7 Å². The van der Waals surface area contributed by atoms with Gasteiger partial charge < -0.3 is 10.0 Å². The van der Waals surface area contributed by atoms with Gasteiger partial charge in [0.15, 0.2) is 0 Å². The molecule has 1 N–H and O–H groups in total. The summed E-state index contributed by atoms with van der Waals surface area (Å²) in [5.41, 5.74) is -1.34. The summed E-state index contributed by atoms with van der Waals surface area (Å²) in [5, 5.41) is 8.78. The van der Waals surface area contributed by atoms with E-state index >= 15 is 0 Å². The Balaban J connectivity index is 3.13. The molecule has 0 radical (unpaired) electrons. The van der Waals surface area contributed by atoms with Gasteiger partial charge >= 0.3 is 6.18 Å². The van der Waals surface area contributed by atoms with Crippen LogP contribution in [-0.2, 0) is 6.18 Å². The predicted octanol–water partition coefficient (Wildman–Crippen LogP) is 2.16. The third-order valence-corrected chi connectivity index (χ3v) is 2.50. The molecule has 1 amide bonds. The SMILES string of the molecule is CCN(CCO)C(=O)c1ccccc1C(F)(F)F. The van der Waals surface area contributed by atoms with E-state index in [1.54, 1.807) is 6.92 Å². The van der Waals surface area contributed by atoms with Gasteiger partial charge in [0.2, 0.25) is 0 Å². The number of carbonyl (C=O) groups excluding carboxylic acids is 1. The summed E-state index contributed by atoms with van der Waals surface area (Å²) < 4.78 is 38.2. The molecule has 0 bridgehead atoms. The molecule has 18 heavy (non-hydrogen) atoms. The first-order chi connectivity index (χ1) is 8.41. The molecule has 0 unspecified atom stereocenters. The third kappa shape index (κ3) is 3.22. The number of likely N-dealkylation sites (N-methyl/N-ethyl adjacent to an activating group) is 1. The highest BCUT2D eigenvalue weighted by Crippen LogP contribution is 2.32. The Morgan fingerprint density at radius 3 is 2.44 bits per heavy atom. The first-order valence-electron chi connectivity index (χ1n) is 5.48. The standard InChI is InChI=1S/C12H14F3NO2/c1-2-16(7-8-17)11(18)9-5-3-4-6-10(9)12(13,14)15/h3-6,17H,2,7-8H2,1H3. The lowest BCUT2D eigenvalue weighted by atomic mass is 10.1. The number of amides is 1. The zero-order valence-electron chi connectivity index (χ0n) is 9.87. The van der Waals surface area contributed by atoms with Crippen LogP contribution in [0.15, 0.2) is 24.3 Å². The van der Waals surface area contributed by atoms with E-state index in [1.807, 2.05) is 0 Å². The molecule has 0 saturated heterocycles. The van der Waals surface area contributed by atoms with E-state index in [0.717, 1.165) is 12.1 Å². The molecule has 0 heterocycles. The minimum absolute atomic E-state index is 0.0154. The van der Waals surface area contributed by atoms with Crippen molar-refractivity contribution in [3.63, 3.8) is 0 Å². The molecule has 0 fully saturated rings. The molecular formula is C12H14F3NO2. The fourth-order valence-electron chi connectivity index (χ4n) is 1.61. The topological polar surface area (TPSA) is 40.5 Å². The monoisotopic (exact) mass is 261 g/mol. The minimum Gasteiger partial charge on any atom is -0.395 e. The van der Waals surface area contributed by atoms with Crippen molar-refractivity contribution >= 4 is 5.91 Å². The zero-order valence-corrected chi connectivity index (χ0v) is 9.87. The number of rotatable bonds is 4. The van der Waals surface area contributed by atoms with Gasteiger partial charge in [-0.1, -0.05) is 12.1 Å². The number of alkyl halides is 3. The van der Waals surface area contributed by atoms with Crippen LogP contribution in [0.2, 0.25) is 0 Å². The van der Waals surface area contributed by atoms with Gasteiger partial charge in [-0.3, -0.25) is 4.79 Å². The Morgan fingerprint density at radius 2 is 1.94 bits per heavy atom. The van der Waals surface area contributed by atoms with Gasteiger partial charge in [-0.2, -0.15) is 13.2 Å². The highest BCUT2D eigenvalue weighted by molar-refractivity contribution is 5.95. The maximum Gasteiger partial charge on any atom is 0.417 e. The molecule has 0 aliphatic carbocycles. The summed E-state index contributed by atoms with van der Waals surface area (Å²) >= 11 is 0. The van der Waals surface area contributed by atoms with E-state index in [2.05, 4.69) is 0 Å². The summed E-state index contributed by atoms with van der Waals surface area (Å²) in [7, 11) is 0. The highest BCUT2D eigenvalue weighted by atomic mass is 19.4. The van der Waals surface area contributed by atoms with Crippen LogP contribution < -0.4 is 0 Å². The van der Waals surface area contributed by atoms with E-state index in [4.69, 9.17) is 5.11 Å². The molecule has 0 saturated carbocycles. The summed E-state index contributed by atoms with van der Waals surface area (Å²) in [6.07, 6.45) is -4.56. The Labute approximate surface area is 103 Å². The highest BCUT2D eigenvalue weighted by Gasteiger charge is 2.35. The van der Waals surface area contributed by atoms with Crippen LogP contribution in [0.25, 0.3) is 0 Å². The summed E-state index contributed by atoms with van der Waals surface area (Å²) in [6.45, 7) is 1.62. The molecule has 0 aliphatic heterocycles. The Hall–Kier alpha value is -1.56. The molecular weight excluding hydrogens is 247 g/mol. The first kappa shape index (κ1) is 14.5. The smallest absolute Gasteiger partial charge is 0.395 e. The van der Waals surface area contributed by atoms with Crippen LogP contribution in [0.3, 0.4) is 0 Å². The maximum atomic E-state index is 12.7. The molecule has 1 aromatic carbocycles. The Morgan fingerprint density at radius 1 is 1.33 bits per heavy atom. The van der Waals surface area contributed by atoms with Gasteiger partial charge in [0.25, 0.3) is 5.91 Å². The zero-order chi connectivity index (χ0) is 13.8. The Kier molecular flexibility index (Phi) is 4.72. The predicted molar refractivity (Wildman–Crippen MR) is 60.1 cm³/mol. The number of aliphatic hydroxyl groups is 1. The van der Waals surface area contributed by atoms with Crippen molar-refractivity contribution in [2.45, 2.75) is 13.1 Å². The first-order valence-corrected chi connectivity index (χ1v) is 5.48. The van der Waals surface area contributed by atoms with Crippen LogP contribution in [0, 0.1) is 0 Å². The minimum atomic E-state index is -4.56. The summed E-state index contributed by atoms with van der Waals surface area (Å²) in [4.78, 5) is 13.1. The van der Waals surface area contributed by atoms with Gasteiger partial charge in [0, 0.05) is 13.1 Å². The fourth-order valence-corrected chi connectivity index (χ4v) is 1.61. The second kappa shape index (κ2) is 5.86. The quantitative estimate of drug-likeness (QED) is 0.902. The largest absolute Gasteiger partial charge is 0.417 e. The molecule has 1 rings (SSSR count). The molecule has 0 aromatic heterocycles. The van der Waals surface area contributed by atoms with Crippen molar-refractivity contribution < 1.29 is 23.1 Å². The van der Waals surface area contributed by atoms with Crippen molar-refractivity contribution in [3.8, 4) is 0 Å². The normalized spacial score (nSPS) is 11.4. The van der Waals surface area contributed by atoms with Gasteiger partial charge in [-0.25, -0.2) is 0 Å². The van der Waals surface area contributed by atoms with Gasteiger partial charge in [-0.05, 0) is 19.1 Å². The molecule has 0 spiro atoms. The molecule has 3 nitrogen and oxygen atoms in total. The number of carbonyl (C=O) groups is 1. The third-order valence-electron chi connectivity index (χ3n) is 2.50. The van der Waals surface area contributed by atoms with Crippen LogP contribution in [-0.4, -0.2) is 35.6 Å². The molecule has 0 atom stereocenters. The second-order valence-electron chi connectivity index (χ2n) is 3.65. The summed E-state index contributed by atoms with van der Waals surface area (Å²) in [6, 6.07) is 4.64. The van der Waals surface area contributed by atoms with E-state index in [9.17, 15) is 18.0 Å². The molecule has 0 aliphatic rings. The van der Waals surface area contributed by atoms with Crippen LogP contribution in [0.4, 0.5) is 13.2 Å². The van der Waals surface area contributed by atoms with Crippen LogP contribution in [0.5, 0.6) is 0 Å². The van der Waals surface area contributed by atoms with Crippen molar-refractivity contribution in [1.29, 1.82) is 0 Å². The number of nitrogens with zero attached hydrogens (tertiary/aromatic N) is 1. The van der Waals surface area contributed by atoms with Crippen molar-refractivity contribution in [1.82, 2.24) is 4.90 Å².